The number of aryl methyl sites for hydroxylation is 3. The maximum absolute atomic E-state index is 12.4. The van der Waals surface area contributed by atoms with Gasteiger partial charge in [-0.1, -0.05) is 67.7 Å². The molecule has 5 heteroatoms. The number of Topliss-reactive ketones (excluding diaryl/α,β-unsaturated/α-hetero) is 1. The van der Waals surface area contributed by atoms with Crippen molar-refractivity contribution in [2.45, 2.75) is 105 Å². The number of amides is 1. The molecule has 0 aliphatic heterocycles. The molecular weight excluding hydrogens is 538 g/mol. The third-order valence-corrected chi connectivity index (χ3v) is 8.00. The summed E-state index contributed by atoms with van der Waals surface area (Å²) in [5.74, 6) is 2.24. The monoisotopic (exact) mass is 587 g/mol. The molecular formula is C33H50BrNO3. The van der Waals surface area contributed by atoms with Gasteiger partial charge in [0.2, 0.25) is 5.91 Å². The summed E-state index contributed by atoms with van der Waals surface area (Å²) in [5, 5.41) is 4.00. The SMILES string of the molecule is CCC(C)=O.CCCC1CCC(C(=O)Nc2ccc(C)c(OC)c2)CC1.CCc1c(C)cc(CBr)cc1C. The van der Waals surface area contributed by atoms with Gasteiger partial charge in [0, 0.05) is 29.4 Å². The van der Waals surface area contributed by atoms with Gasteiger partial charge in [0.1, 0.15) is 11.5 Å². The molecule has 1 N–H and O–H groups in total. The van der Waals surface area contributed by atoms with Crippen molar-refractivity contribution >= 4 is 33.3 Å². The average molecular weight is 589 g/mol. The van der Waals surface area contributed by atoms with E-state index in [0.717, 1.165) is 47.5 Å². The van der Waals surface area contributed by atoms with Gasteiger partial charge in [0.05, 0.1) is 7.11 Å². The zero-order valence-electron chi connectivity index (χ0n) is 25.0. The Hall–Kier alpha value is -2.14. The molecule has 1 aliphatic rings. The van der Waals surface area contributed by atoms with Gasteiger partial charge in [-0.3, -0.25) is 4.79 Å². The second kappa shape index (κ2) is 18.2. The zero-order chi connectivity index (χ0) is 28.7. The van der Waals surface area contributed by atoms with Crippen LogP contribution < -0.4 is 10.1 Å². The normalized spacial score (nSPS) is 16.3. The van der Waals surface area contributed by atoms with Crippen molar-refractivity contribution in [1.82, 2.24) is 0 Å². The number of hydrogen-bond donors (Lipinski definition) is 1. The lowest BCUT2D eigenvalue weighted by Gasteiger charge is -2.27. The molecule has 0 saturated heterocycles. The number of nitrogens with one attached hydrogen (secondary N) is 1. The molecule has 1 amide bonds. The molecule has 0 spiro atoms. The zero-order valence-corrected chi connectivity index (χ0v) is 26.6. The molecule has 4 nitrogen and oxygen atoms in total. The predicted octanol–water partition coefficient (Wildman–Crippen LogP) is 9.29. The fraction of sp³-hybridized carbons (Fsp3) is 0.576. The Labute approximate surface area is 240 Å². The van der Waals surface area contributed by atoms with E-state index < -0.39 is 0 Å². The van der Waals surface area contributed by atoms with E-state index in [2.05, 4.69) is 61.1 Å². The van der Waals surface area contributed by atoms with Gasteiger partial charge in [-0.2, -0.15) is 0 Å². The summed E-state index contributed by atoms with van der Waals surface area (Å²) in [6, 6.07) is 10.3. The predicted molar refractivity (Wildman–Crippen MR) is 166 cm³/mol. The van der Waals surface area contributed by atoms with Crippen molar-refractivity contribution in [3.05, 3.63) is 58.1 Å². The van der Waals surface area contributed by atoms with Crippen molar-refractivity contribution in [3.8, 4) is 5.75 Å². The number of alkyl halides is 1. The number of halogens is 1. The lowest BCUT2D eigenvalue weighted by molar-refractivity contribution is -0.121. The molecule has 1 fully saturated rings. The average Bonchev–Trinajstić information content (AvgIpc) is 2.90. The Balaban J connectivity index is 0.000000357. The first-order valence-corrected chi connectivity index (χ1v) is 15.3. The Bertz CT molecular complexity index is 986. The third kappa shape index (κ3) is 11.7. The molecule has 2 aromatic rings. The van der Waals surface area contributed by atoms with Gasteiger partial charge in [0.25, 0.3) is 0 Å². The quantitative estimate of drug-likeness (QED) is 0.313. The topological polar surface area (TPSA) is 55.4 Å². The van der Waals surface area contributed by atoms with Crippen molar-refractivity contribution in [2.75, 3.05) is 12.4 Å². The van der Waals surface area contributed by atoms with Crippen LogP contribution >= 0.6 is 15.9 Å². The molecule has 38 heavy (non-hydrogen) atoms. The highest BCUT2D eigenvalue weighted by atomic mass is 79.9. The standard InChI is InChI=1S/C18H27NO2.C11H15Br.C4H8O/c1-4-5-14-7-9-15(10-8-14)18(20)19-16-11-6-13(2)17(12-16)21-3;1-4-11-8(2)5-10(7-12)6-9(11)3;1-3-4(2)5/h6,11-12,14-15H,4-5,7-10H2,1-3H3,(H,19,20);5-6H,4,7H2,1-3H3;3H2,1-2H3. The molecule has 0 atom stereocenters. The van der Waals surface area contributed by atoms with Gasteiger partial charge in [-0.05, 0) is 99.6 Å². The number of methoxy groups -OCH3 is 1. The van der Waals surface area contributed by atoms with E-state index in [1.54, 1.807) is 14.0 Å². The number of ether oxygens (including phenoxy) is 1. The smallest absolute Gasteiger partial charge is 0.227 e. The Kier molecular flexibility index (Phi) is 16.2. The Morgan fingerprint density at radius 3 is 1.97 bits per heavy atom. The fourth-order valence-corrected chi connectivity index (χ4v) is 5.31. The number of carbonyl (C=O) groups is 2. The molecule has 0 unspecified atom stereocenters. The van der Waals surface area contributed by atoms with Gasteiger partial charge in [-0.25, -0.2) is 0 Å². The van der Waals surface area contributed by atoms with Crippen LogP contribution in [0.15, 0.2) is 30.3 Å². The minimum atomic E-state index is 0.163. The summed E-state index contributed by atoms with van der Waals surface area (Å²) in [6.07, 6.45) is 8.82. The van der Waals surface area contributed by atoms with Crippen LogP contribution in [0.5, 0.6) is 5.75 Å². The van der Waals surface area contributed by atoms with Crippen LogP contribution in [-0.4, -0.2) is 18.8 Å². The van der Waals surface area contributed by atoms with E-state index in [1.807, 2.05) is 32.0 Å². The highest BCUT2D eigenvalue weighted by molar-refractivity contribution is 9.08. The maximum Gasteiger partial charge on any atom is 0.227 e. The van der Waals surface area contributed by atoms with Crippen molar-refractivity contribution in [1.29, 1.82) is 0 Å². The van der Waals surface area contributed by atoms with Crippen LogP contribution in [0.3, 0.4) is 0 Å². The number of benzene rings is 2. The van der Waals surface area contributed by atoms with E-state index in [9.17, 15) is 9.59 Å². The van der Waals surface area contributed by atoms with Crippen LogP contribution in [0.25, 0.3) is 0 Å². The molecule has 0 heterocycles. The second-order valence-corrected chi connectivity index (χ2v) is 11.0. The Morgan fingerprint density at radius 2 is 1.53 bits per heavy atom. The van der Waals surface area contributed by atoms with Crippen molar-refractivity contribution in [3.63, 3.8) is 0 Å². The lowest BCUT2D eigenvalue weighted by atomic mass is 9.80. The number of anilines is 1. The van der Waals surface area contributed by atoms with Gasteiger partial charge in [-0.15, -0.1) is 0 Å². The van der Waals surface area contributed by atoms with Crippen LogP contribution in [0.2, 0.25) is 0 Å². The minimum absolute atomic E-state index is 0.163. The van der Waals surface area contributed by atoms with Crippen molar-refractivity contribution < 1.29 is 14.3 Å². The summed E-state index contributed by atoms with van der Waals surface area (Å²) in [4.78, 5) is 22.2. The van der Waals surface area contributed by atoms with Gasteiger partial charge in [0.15, 0.2) is 0 Å². The molecule has 212 valence electrons. The summed E-state index contributed by atoms with van der Waals surface area (Å²) in [7, 11) is 1.66. The van der Waals surface area contributed by atoms with Gasteiger partial charge >= 0.3 is 0 Å². The van der Waals surface area contributed by atoms with Gasteiger partial charge < -0.3 is 14.8 Å². The van der Waals surface area contributed by atoms with Crippen molar-refractivity contribution in [2.24, 2.45) is 11.8 Å². The third-order valence-electron chi connectivity index (χ3n) is 7.35. The van der Waals surface area contributed by atoms with Crippen LogP contribution in [0.1, 0.15) is 100 Å². The molecule has 0 bridgehead atoms. The first kappa shape index (κ1) is 33.9. The van der Waals surface area contributed by atoms with E-state index in [-0.39, 0.29) is 17.6 Å². The summed E-state index contributed by atoms with van der Waals surface area (Å²) in [5.41, 5.74) is 7.63. The number of ketones is 1. The number of hydrogen-bond acceptors (Lipinski definition) is 3. The first-order valence-electron chi connectivity index (χ1n) is 14.2. The molecule has 1 saturated carbocycles. The molecule has 2 aromatic carbocycles. The Morgan fingerprint density at radius 1 is 0.947 bits per heavy atom. The van der Waals surface area contributed by atoms with Crippen LogP contribution in [-0.2, 0) is 21.3 Å². The largest absolute Gasteiger partial charge is 0.496 e. The molecule has 0 aromatic heterocycles. The number of rotatable bonds is 8. The first-order chi connectivity index (χ1) is 18.1. The van der Waals surface area contributed by atoms with E-state index in [0.29, 0.717) is 6.42 Å². The highest BCUT2D eigenvalue weighted by Gasteiger charge is 2.25. The summed E-state index contributed by atoms with van der Waals surface area (Å²) in [6.45, 7) is 14.3. The number of carbonyl (C=O) groups excluding carboxylic acids is 2. The molecule has 0 radical (unpaired) electrons. The fourth-order valence-electron chi connectivity index (χ4n) is 4.98. The van der Waals surface area contributed by atoms with E-state index in [1.165, 1.54) is 47.9 Å². The van der Waals surface area contributed by atoms with Crippen LogP contribution in [0, 0.1) is 32.6 Å². The minimum Gasteiger partial charge on any atom is -0.496 e. The summed E-state index contributed by atoms with van der Waals surface area (Å²) >= 11 is 3.47. The lowest BCUT2D eigenvalue weighted by Crippen LogP contribution is -2.27. The van der Waals surface area contributed by atoms with Crippen LogP contribution in [0.4, 0.5) is 5.69 Å². The maximum atomic E-state index is 12.4. The summed E-state index contributed by atoms with van der Waals surface area (Å²) < 4.78 is 5.30. The molecule has 1 aliphatic carbocycles. The molecule has 3 rings (SSSR count). The highest BCUT2D eigenvalue weighted by Crippen LogP contribution is 2.32. The second-order valence-electron chi connectivity index (χ2n) is 10.4. The van der Waals surface area contributed by atoms with E-state index in [4.69, 9.17) is 4.74 Å². The van der Waals surface area contributed by atoms with E-state index >= 15 is 0 Å².